The molecule has 1 fully saturated rings. The maximum absolute atomic E-state index is 12.0. The molecule has 23 heavy (non-hydrogen) atoms. The molecule has 1 aromatic rings. The number of piperidine rings is 1. The van der Waals surface area contributed by atoms with Gasteiger partial charge in [-0.2, -0.15) is 0 Å². The summed E-state index contributed by atoms with van der Waals surface area (Å²) in [5.74, 6) is -0.874. The average Bonchev–Trinajstić information content (AvgIpc) is 3.07. The Kier molecular flexibility index (Phi) is 6.19. The normalized spacial score (nSPS) is 17.6. The van der Waals surface area contributed by atoms with Gasteiger partial charge in [0.2, 0.25) is 0 Å². The third kappa shape index (κ3) is 5.12. The average molecular weight is 322 g/mol. The highest BCUT2D eigenvalue weighted by Gasteiger charge is 2.23. The van der Waals surface area contributed by atoms with E-state index >= 15 is 0 Å². The Morgan fingerprint density at radius 1 is 1.39 bits per heavy atom. The van der Waals surface area contributed by atoms with Crippen molar-refractivity contribution in [2.45, 2.75) is 38.6 Å². The van der Waals surface area contributed by atoms with Crippen molar-refractivity contribution >= 4 is 17.8 Å². The van der Waals surface area contributed by atoms with E-state index in [0.717, 1.165) is 25.8 Å². The Morgan fingerprint density at radius 2 is 2.22 bits per heavy atom. The van der Waals surface area contributed by atoms with Crippen molar-refractivity contribution in [1.29, 1.82) is 0 Å². The van der Waals surface area contributed by atoms with Crippen molar-refractivity contribution in [3.8, 4) is 0 Å². The summed E-state index contributed by atoms with van der Waals surface area (Å²) < 4.78 is 9.90. The van der Waals surface area contributed by atoms with E-state index in [-0.39, 0.29) is 43.2 Å². The Morgan fingerprint density at radius 3 is 2.91 bits per heavy atom. The summed E-state index contributed by atoms with van der Waals surface area (Å²) >= 11 is 0. The van der Waals surface area contributed by atoms with Gasteiger partial charge in [-0.15, -0.1) is 0 Å². The smallest absolute Gasteiger partial charge is 0.308 e. The summed E-state index contributed by atoms with van der Waals surface area (Å²) in [6.07, 6.45) is 4.51. The van der Waals surface area contributed by atoms with Crippen LogP contribution in [-0.2, 0) is 14.3 Å². The van der Waals surface area contributed by atoms with Crippen LogP contribution in [0.1, 0.15) is 43.2 Å². The summed E-state index contributed by atoms with van der Waals surface area (Å²) in [6, 6.07) is 3.34. The minimum absolute atomic E-state index is 0.00921. The second-order valence-electron chi connectivity index (χ2n) is 5.58. The number of ether oxygens (including phenoxy) is 1. The molecule has 1 N–H and O–H groups in total. The van der Waals surface area contributed by atoms with Gasteiger partial charge in [-0.1, -0.05) is 0 Å². The highest BCUT2D eigenvalue weighted by Crippen LogP contribution is 2.16. The number of likely N-dealkylation sites (tertiary alicyclic amines) is 1. The first-order chi connectivity index (χ1) is 11.1. The fraction of sp³-hybridized carbons (Fsp3) is 0.562. The molecule has 7 heteroatoms. The van der Waals surface area contributed by atoms with E-state index in [1.807, 2.05) is 6.92 Å². The molecular formula is C16H22N2O5. The number of nitrogens with zero attached hydrogens (tertiary/aromatic N) is 1. The molecule has 1 aromatic heterocycles. The molecule has 0 radical (unpaired) electrons. The van der Waals surface area contributed by atoms with Crippen molar-refractivity contribution in [3.05, 3.63) is 24.2 Å². The van der Waals surface area contributed by atoms with E-state index in [9.17, 15) is 14.4 Å². The monoisotopic (exact) mass is 322 g/mol. The summed E-state index contributed by atoms with van der Waals surface area (Å²) in [4.78, 5) is 37.0. The summed E-state index contributed by atoms with van der Waals surface area (Å²) in [6.45, 7) is 2.61. The highest BCUT2D eigenvalue weighted by atomic mass is 16.5. The van der Waals surface area contributed by atoms with Crippen molar-refractivity contribution in [2.24, 2.45) is 0 Å². The van der Waals surface area contributed by atoms with Crippen LogP contribution in [0.3, 0.4) is 0 Å². The Balaban J connectivity index is 1.63. The Hall–Kier alpha value is -2.31. The summed E-state index contributed by atoms with van der Waals surface area (Å²) in [5, 5.41) is 2.55. The van der Waals surface area contributed by atoms with Crippen LogP contribution in [0.5, 0.6) is 0 Å². The number of amides is 2. The van der Waals surface area contributed by atoms with Crippen LogP contribution >= 0.6 is 0 Å². The predicted molar refractivity (Wildman–Crippen MR) is 81.6 cm³/mol. The number of esters is 1. The number of rotatable bonds is 6. The van der Waals surface area contributed by atoms with Gasteiger partial charge in [0.05, 0.1) is 12.7 Å². The zero-order chi connectivity index (χ0) is 16.7. The largest absolute Gasteiger partial charge is 0.459 e. The third-order valence-corrected chi connectivity index (χ3v) is 3.84. The molecule has 7 nitrogen and oxygen atoms in total. The number of furan rings is 1. The maximum atomic E-state index is 12.0. The molecule has 2 amide bonds. The van der Waals surface area contributed by atoms with Crippen LogP contribution < -0.4 is 5.32 Å². The molecule has 1 atom stereocenters. The third-order valence-electron chi connectivity index (χ3n) is 3.84. The molecule has 0 aliphatic carbocycles. The molecule has 1 aliphatic heterocycles. The molecule has 1 saturated heterocycles. The van der Waals surface area contributed by atoms with E-state index < -0.39 is 5.97 Å². The van der Waals surface area contributed by atoms with Crippen molar-refractivity contribution in [3.63, 3.8) is 0 Å². The van der Waals surface area contributed by atoms with Gasteiger partial charge in [-0.25, -0.2) is 0 Å². The van der Waals surface area contributed by atoms with E-state index in [1.165, 1.54) is 12.3 Å². The van der Waals surface area contributed by atoms with Crippen molar-refractivity contribution < 1.29 is 23.5 Å². The first-order valence-corrected chi connectivity index (χ1v) is 7.84. The topological polar surface area (TPSA) is 88.9 Å². The van der Waals surface area contributed by atoms with Crippen LogP contribution in [-0.4, -0.2) is 48.4 Å². The lowest BCUT2D eigenvalue weighted by molar-refractivity contribution is -0.153. The SMILES string of the molecule is CC1CCCCN1C(=O)COC(=O)CCNC(=O)c1ccco1. The van der Waals surface area contributed by atoms with Crippen LogP contribution in [0.4, 0.5) is 0 Å². The van der Waals surface area contributed by atoms with E-state index in [4.69, 9.17) is 9.15 Å². The van der Waals surface area contributed by atoms with Gasteiger partial charge in [0.15, 0.2) is 12.4 Å². The Labute approximate surface area is 135 Å². The number of nitrogens with one attached hydrogen (secondary N) is 1. The number of carbonyl (C=O) groups is 3. The Bertz CT molecular complexity index is 541. The highest BCUT2D eigenvalue weighted by molar-refractivity contribution is 5.91. The zero-order valence-corrected chi connectivity index (χ0v) is 13.2. The van der Waals surface area contributed by atoms with E-state index in [1.54, 1.807) is 11.0 Å². The molecule has 1 aliphatic rings. The number of hydrogen-bond donors (Lipinski definition) is 1. The number of hydrogen-bond acceptors (Lipinski definition) is 5. The molecule has 126 valence electrons. The molecule has 2 heterocycles. The molecule has 0 spiro atoms. The lowest BCUT2D eigenvalue weighted by atomic mass is 10.0. The fourth-order valence-electron chi connectivity index (χ4n) is 2.54. The first kappa shape index (κ1) is 17.1. The van der Waals surface area contributed by atoms with Gasteiger partial charge in [0, 0.05) is 19.1 Å². The maximum Gasteiger partial charge on any atom is 0.308 e. The molecule has 0 saturated carbocycles. The minimum atomic E-state index is -0.511. The van der Waals surface area contributed by atoms with Crippen molar-refractivity contribution in [2.75, 3.05) is 19.7 Å². The number of carbonyl (C=O) groups excluding carboxylic acids is 3. The lowest BCUT2D eigenvalue weighted by Gasteiger charge is -2.33. The second-order valence-corrected chi connectivity index (χ2v) is 5.58. The summed E-state index contributed by atoms with van der Waals surface area (Å²) in [7, 11) is 0. The van der Waals surface area contributed by atoms with Crippen LogP contribution in [0.25, 0.3) is 0 Å². The second kappa shape index (κ2) is 8.36. The summed E-state index contributed by atoms with van der Waals surface area (Å²) in [5.41, 5.74) is 0. The van der Waals surface area contributed by atoms with Gasteiger partial charge >= 0.3 is 5.97 Å². The lowest BCUT2D eigenvalue weighted by Crippen LogP contribution is -2.44. The zero-order valence-electron chi connectivity index (χ0n) is 13.2. The van der Waals surface area contributed by atoms with E-state index in [0.29, 0.717) is 0 Å². The van der Waals surface area contributed by atoms with Gasteiger partial charge in [-0.3, -0.25) is 14.4 Å². The molecular weight excluding hydrogens is 300 g/mol. The molecule has 1 unspecified atom stereocenters. The standard InChI is InChI=1S/C16H22N2O5/c1-12-5-2-3-9-18(12)14(19)11-23-15(20)7-8-17-16(21)13-6-4-10-22-13/h4,6,10,12H,2-3,5,7-9,11H2,1H3,(H,17,21). The molecule has 0 bridgehead atoms. The molecule has 0 aromatic carbocycles. The predicted octanol–water partition coefficient (Wildman–Crippen LogP) is 1.34. The minimum Gasteiger partial charge on any atom is -0.459 e. The van der Waals surface area contributed by atoms with E-state index in [2.05, 4.69) is 5.32 Å². The fourth-order valence-corrected chi connectivity index (χ4v) is 2.54. The van der Waals surface area contributed by atoms with Crippen LogP contribution in [0.15, 0.2) is 22.8 Å². The van der Waals surface area contributed by atoms with Crippen LogP contribution in [0, 0.1) is 0 Å². The van der Waals surface area contributed by atoms with Gasteiger partial charge in [-0.05, 0) is 38.3 Å². The van der Waals surface area contributed by atoms with Gasteiger partial charge < -0.3 is 19.4 Å². The van der Waals surface area contributed by atoms with Crippen LogP contribution in [0.2, 0.25) is 0 Å². The molecule has 2 rings (SSSR count). The van der Waals surface area contributed by atoms with Gasteiger partial charge in [0.1, 0.15) is 0 Å². The first-order valence-electron chi connectivity index (χ1n) is 7.84. The quantitative estimate of drug-likeness (QED) is 0.799. The van der Waals surface area contributed by atoms with Gasteiger partial charge in [0.25, 0.3) is 11.8 Å². The van der Waals surface area contributed by atoms with Crippen molar-refractivity contribution in [1.82, 2.24) is 10.2 Å².